The highest BCUT2D eigenvalue weighted by atomic mass is 79.9. The highest BCUT2D eigenvalue weighted by molar-refractivity contribution is 9.10. The number of hydrogen-bond acceptors (Lipinski definition) is 4. The third-order valence-electron chi connectivity index (χ3n) is 11.0. The van der Waals surface area contributed by atoms with Crippen LogP contribution in [-0.2, 0) is 0 Å². The van der Waals surface area contributed by atoms with E-state index in [1.54, 1.807) is 12.1 Å². The van der Waals surface area contributed by atoms with Gasteiger partial charge in [0, 0.05) is 43.9 Å². The van der Waals surface area contributed by atoms with Gasteiger partial charge < -0.3 is 0 Å². The number of carbonyl (C=O) groups excluding carboxylic acids is 4. The van der Waals surface area contributed by atoms with Gasteiger partial charge in [-0.25, -0.2) is 0 Å². The van der Waals surface area contributed by atoms with E-state index >= 15 is 0 Å². The number of unbranched alkanes of at least 4 members (excludes halogenated alkanes) is 13. The Morgan fingerprint density at radius 1 is 0.480 bits per heavy atom. The van der Waals surface area contributed by atoms with Gasteiger partial charge in [-0.2, -0.15) is 0 Å². The molecule has 0 saturated carbocycles. The standard InChI is InChI=1S/C42H60Br2N2O4/c1-5-9-12-14-16-17-19-21-24-30(23-20-18-15-13-10-6-2)28-46-40(48)32-26-33(43)37-35-31(25-34(44)38(36(32)35)42(46)50)39(47)45(41(37)49)27-29(8-4)22-11-7-3/h25-26,29-30H,5-24,27-28H2,1-4H3. The number of imide groups is 2. The molecule has 4 amide bonds. The summed E-state index contributed by atoms with van der Waals surface area (Å²) in [6, 6.07) is 3.41. The molecule has 0 aliphatic carbocycles. The maximum atomic E-state index is 14.3. The SMILES string of the molecule is CCCCCCCCCCC(CCCCCCCC)CN1C(=O)c2cc(Br)c3c4c(cc(Br)c(c24)C1=O)C(=O)N(CC(CC)CCCC)C3=O. The van der Waals surface area contributed by atoms with Crippen molar-refractivity contribution in [1.29, 1.82) is 0 Å². The topological polar surface area (TPSA) is 74.8 Å². The van der Waals surface area contributed by atoms with E-state index < -0.39 is 0 Å². The van der Waals surface area contributed by atoms with Gasteiger partial charge in [-0.3, -0.25) is 29.0 Å². The summed E-state index contributed by atoms with van der Waals surface area (Å²) >= 11 is 7.28. The number of rotatable bonds is 24. The van der Waals surface area contributed by atoms with Crippen LogP contribution in [0, 0.1) is 11.8 Å². The number of carbonyl (C=O) groups is 4. The van der Waals surface area contributed by atoms with E-state index in [0.29, 0.717) is 55.1 Å². The molecule has 0 saturated heterocycles. The zero-order valence-electron chi connectivity index (χ0n) is 31.1. The van der Waals surface area contributed by atoms with Crippen LogP contribution in [0.15, 0.2) is 21.1 Å². The lowest BCUT2D eigenvalue weighted by Crippen LogP contribution is -2.46. The summed E-state index contributed by atoms with van der Waals surface area (Å²) < 4.78 is 0.983. The van der Waals surface area contributed by atoms with Crippen LogP contribution in [0.2, 0.25) is 0 Å². The maximum absolute atomic E-state index is 14.3. The molecule has 0 aromatic heterocycles. The summed E-state index contributed by atoms with van der Waals surface area (Å²) in [5.74, 6) is -0.953. The van der Waals surface area contributed by atoms with Gasteiger partial charge in [-0.05, 0) is 75.1 Å². The van der Waals surface area contributed by atoms with Crippen molar-refractivity contribution in [2.75, 3.05) is 13.1 Å². The largest absolute Gasteiger partial charge is 0.274 e. The molecule has 8 heteroatoms. The normalized spacial score (nSPS) is 15.5. The Bertz CT molecular complexity index is 1500. The van der Waals surface area contributed by atoms with Gasteiger partial charge in [0.2, 0.25) is 0 Å². The van der Waals surface area contributed by atoms with Crippen LogP contribution < -0.4 is 0 Å². The minimum absolute atomic E-state index is 0.214. The molecule has 2 aromatic rings. The fraction of sp³-hybridized carbons (Fsp3) is 0.667. The number of halogens is 2. The molecule has 2 aromatic carbocycles. The molecule has 0 fully saturated rings. The minimum atomic E-state index is -0.365. The molecular weight excluding hydrogens is 756 g/mol. The quantitative estimate of drug-likeness (QED) is 0.0781. The first-order valence-electron chi connectivity index (χ1n) is 19.9. The summed E-state index contributed by atoms with van der Waals surface area (Å²) in [5, 5.41) is 0.845. The lowest BCUT2D eigenvalue weighted by molar-refractivity contribution is 0.0556. The minimum Gasteiger partial charge on any atom is -0.274 e. The number of amides is 4. The summed E-state index contributed by atoms with van der Waals surface area (Å²) in [6.07, 6.45) is 23.2. The van der Waals surface area contributed by atoms with Crippen molar-refractivity contribution >= 4 is 66.3 Å². The number of nitrogens with zero attached hydrogens (tertiary/aromatic N) is 2. The second-order valence-corrected chi connectivity index (χ2v) is 16.6. The van der Waals surface area contributed by atoms with E-state index in [1.807, 2.05) is 0 Å². The Balaban J connectivity index is 1.58. The van der Waals surface area contributed by atoms with E-state index in [4.69, 9.17) is 0 Å². The van der Waals surface area contributed by atoms with Gasteiger partial charge >= 0.3 is 0 Å². The molecule has 50 heavy (non-hydrogen) atoms. The van der Waals surface area contributed by atoms with E-state index in [-0.39, 0.29) is 35.5 Å². The molecular formula is C42H60Br2N2O4. The van der Waals surface area contributed by atoms with E-state index in [2.05, 4.69) is 59.6 Å². The monoisotopic (exact) mass is 814 g/mol. The van der Waals surface area contributed by atoms with Crippen molar-refractivity contribution in [2.24, 2.45) is 11.8 Å². The van der Waals surface area contributed by atoms with Crippen LogP contribution >= 0.6 is 31.9 Å². The van der Waals surface area contributed by atoms with Gasteiger partial charge in [0.1, 0.15) is 0 Å². The van der Waals surface area contributed by atoms with E-state index in [9.17, 15) is 19.2 Å². The second-order valence-electron chi connectivity index (χ2n) is 14.9. The van der Waals surface area contributed by atoms with Crippen molar-refractivity contribution in [3.05, 3.63) is 43.3 Å². The molecule has 6 nitrogen and oxygen atoms in total. The zero-order chi connectivity index (χ0) is 36.2. The predicted octanol–water partition coefficient (Wildman–Crippen LogP) is 12.7. The highest BCUT2D eigenvalue weighted by Gasteiger charge is 2.43. The predicted molar refractivity (Wildman–Crippen MR) is 212 cm³/mol. The third-order valence-corrected chi connectivity index (χ3v) is 12.3. The van der Waals surface area contributed by atoms with Gasteiger partial charge in [0.15, 0.2) is 0 Å². The Labute approximate surface area is 318 Å². The highest BCUT2D eigenvalue weighted by Crippen LogP contribution is 2.44. The molecule has 4 rings (SSSR count). The van der Waals surface area contributed by atoms with Gasteiger partial charge in [-0.1, -0.05) is 137 Å². The Kier molecular flexibility index (Phi) is 16.5. The average Bonchev–Trinajstić information content (AvgIpc) is 3.10. The molecule has 276 valence electrons. The summed E-state index contributed by atoms with van der Waals surface area (Å²) in [7, 11) is 0. The average molecular weight is 817 g/mol. The van der Waals surface area contributed by atoms with Crippen molar-refractivity contribution in [1.82, 2.24) is 9.80 Å². The van der Waals surface area contributed by atoms with Crippen LogP contribution in [0.3, 0.4) is 0 Å². The number of hydrogen-bond donors (Lipinski definition) is 0. The fourth-order valence-corrected chi connectivity index (χ4v) is 9.14. The lowest BCUT2D eigenvalue weighted by atomic mass is 9.84. The first-order valence-corrected chi connectivity index (χ1v) is 21.5. The molecule has 0 radical (unpaired) electrons. The zero-order valence-corrected chi connectivity index (χ0v) is 34.3. The van der Waals surface area contributed by atoms with Gasteiger partial charge in [0.05, 0.1) is 11.1 Å². The number of benzene rings is 2. The first kappa shape index (κ1) is 40.7. The third kappa shape index (κ3) is 9.67. The second kappa shape index (κ2) is 20.3. The van der Waals surface area contributed by atoms with Crippen LogP contribution in [-0.4, -0.2) is 46.5 Å². The summed E-state index contributed by atoms with van der Waals surface area (Å²) in [6.45, 7) is 9.47. The smallest absolute Gasteiger partial charge is 0.262 e. The van der Waals surface area contributed by atoms with Gasteiger partial charge in [0.25, 0.3) is 23.6 Å². The van der Waals surface area contributed by atoms with Crippen LogP contribution in [0.4, 0.5) is 0 Å². The van der Waals surface area contributed by atoms with Gasteiger partial charge in [-0.15, -0.1) is 0 Å². The lowest BCUT2D eigenvalue weighted by Gasteiger charge is -2.35. The van der Waals surface area contributed by atoms with Crippen molar-refractivity contribution < 1.29 is 19.2 Å². The fourth-order valence-electron chi connectivity index (χ4n) is 7.94. The molecule has 0 spiro atoms. The molecule has 2 aliphatic rings. The Morgan fingerprint density at radius 3 is 1.24 bits per heavy atom. The van der Waals surface area contributed by atoms with E-state index in [1.165, 1.54) is 86.8 Å². The summed E-state index contributed by atoms with van der Waals surface area (Å²) in [4.78, 5) is 59.5. The van der Waals surface area contributed by atoms with Crippen LogP contribution in [0.5, 0.6) is 0 Å². The Morgan fingerprint density at radius 2 is 0.840 bits per heavy atom. The van der Waals surface area contributed by atoms with E-state index in [0.717, 1.165) is 51.4 Å². The molecule has 0 N–H and O–H groups in total. The summed E-state index contributed by atoms with van der Waals surface area (Å²) in [5.41, 5.74) is 1.48. The molecule has 2 unspecified atom stereocenters. The molecule has 2 aliphatic heterocycles. The van der Waals surface area contributed by atoms with Crippen LogP contribution in [0.1, 0.15) is 198 Å². The Hall–Kier alpha value is -2.06. The molecule has 2 heterocycles. The van der Waals surface area contributed by atoms with Crippen molar-refractivity contribution in [3.63, 3.8) is 0 Å². The van der Waals surface area contributed by atoms with Crippen molar-refractivity contribution in [3.8, 4) is 0 Å². The first-order chi connectivity index (χ1) is 24.2. The van der Waals surface area contributed by atoms with Crippen LogP contribution in [0.25, 0.3) is 10.8 Å². The maximum Gasteiger partial charge on any atom is 0.262 e. The molecule has 2 atom stereocenters. The van der Waals surface area contributed by atoms with Crippen molar-refractivity contribution in [2.45, 2.75) is 156 Å². The molecule has 0 bridgehead atoms.